The van der Waals surface area contributed by atoms with Gasteiger partial charge in [-0.3, -0.25) is 9.20 Å². The summed E-state index contributed by atoms with van der Waals surface area (Å²) in [6.45, 7) is 1.94. The number of aldehydes is 1. The van der Waals surface area contributed by atoms with Crippen molar-refractivity contribution in [1.29, 1.82) is 0 Å². The van der Waals surface area contributed by atoms with Crippen LogP contribution in [0.15, 0.2) is 18.2 Å². The molecule has 0 amide bonds. The smallest absolute Gasteiger partial charge is 0.170 e. The van der Waals surface area contributed by atoms with Crippen LogP contribution in [0.4, 0.5) is 5.82 Å². The van der Waals surface area contributed by atoms with Crippen LogP contribution in [0.3, 0.4) is 0 Å². The van der Waals surface area contributed by atoms with Crippen LogP contribution < -0.4 is 10.2 Å². The van der Waals surface area contributed by atoms with Gasteiger partial charge in [0.05, 0.1) is 5.52 Å². The second-order valence-electron chi connectivity index (χ2n) is 5.16. The zero-order valence-electron chi connectivity index (χ0n) is 11.3. The maximum absolute atomic E-state index is 11.2. The summed E-state index contributed by atoms with van der Waals surface area (Å²) in [5.41, 5.74) is 1.42. The molecule has 3 heterocycles. The van der Waals surface area contributed by atoms with Crippen molar-refractivity contribution in [3.8, 4) is 0 Å². The van der Waals surface area contributed by atoms with E-state index in [0.717, 1.165) is 43.0 Å². The van der Waals surface area contributed by atoms with E-state index in [1.807, 2.05) is 26.2 Å². The van der Waals surface area contributed by atoms with E-state index in [2.05, 4.69) is 25.7 Å². The minimum atomic E-state index is 0.377. The standard InChI is InChI=1S/C14H18N4O/c1-17(2)13-5-3-4-12-11(9-19)16-14(18(12)13)10-6-7-15-8-10/h3-5,9-10,15H,6-8H2,1-2H3. The quantitative estimate of drug-likeness (QED) is 0.843. The van der Waals surface area contributed by atoms with Crippen molar-refractivity contribution in [2.75, 3.05) is 32.1 Å². The van der Waals surface area contributed by atoms with Crippen molar-refractivity contribution in [3.05, 3.63) is 29.7 Å². The summed E-state index contributed by atoms with van der Waals surface area (Å²) < 4.78 is 2.11. The van der Waals surface area contributed by atoms with Crippen LogP contribution in [-0.4, -0.2) is 42.9 Å². The molecule has 100 valence electrons. The first kappa shape index (κ1) is 12.2. The Balaban J connectivity index is 2.27. The van der Waals surface area contributed by atoms with Crippen molar-refractivity contribution in [1.82, 2.24) is 14.7 Å². The lowest BCUT2D eigenvalue weighted by molar-refractivity contribution is 0.112. The summed E-state index contributed by atoms with van der Waals surface area (Å²) in [7, 11) is 4.01. The first-order valence-corrected chi connectivity index (χ1v) is 6.57. The predicted molar refractivity (Wildman–Crippen MR) is 75.1 cm³/mol. The van der Waals surface area contributed by atoms with Gasteiger partial charge in [-0.1, -0.05) is 6.07 Å². The predicted octanol–water partition coefficient (Wildman–Crippen LogP) is 1.29. The average molecular weight is 258 g/mol. The molecule has 0 spiro atoms. The molecule has 2 aromatic rings. The van der Waals surface area contributed by atoms with E-state index in [9.17, 15) is 4.79 Å². The average Bonchev–Trinajstić information content (AvgIpc) is 3.04. The van der Waals surface area contributed by atoms with E-state index in [4.69, 9.17) is 0 Å². The van der Waals surface area contributed by atoms with Crippen LogP contribution in [0.2, 0.25) is 0 Å². The highest BCUT2D eigenvalue weighted by Gasteiger charge is 2.24. The number of rotatable bonds is 3. The Morgan fingerprint density at radius 3 is 2.95 bits per heavy atom. The molecule has 0 aromatic carbocycles. The van der Waals surface area contributed by atoms with Gasteiger partial charge in [-0.2, -0.15) is 0 Å². The van der Waals surface area contributed by atoms with E-state index in [1.165, 1.54) is 0 Å². The van der Waals surface area contributed by atoms with Crippen molar-refractivity contribution in [3.63, 3.8) is 0 Å². The van der Waals surface area contributed by atoms with Crippen LogP contribution in [0.5, 0.6) is 0 Å². The third-order valence-electron chi connectivity index (χ3n) is 3.69. The molecule has 3 rings (SSSR count). The molecular weight excluding hydrogens is 240 g/mol. The molecule has 19 heavy (non-hydrogen) atoms. The number of nitrogens with one attached hydrogen (secondary N) is 1. The first-order valence-electron chi connectivity index (χ1n) is 6.57. The second-order valence-corrected chi connectivity index (χ2v) is 5.16. The lowest BCUT2D eigenvalue weighted by atomic mass is 10.1. The number of anilines is 1. The molecule has 1 fully saturated rings. The third-order valence-corrected chi connectivity index (χ3v) is 3.69. The summed E-state index contributed by atoms with van der Waals surface area (Å²) in [5.74, 6) is 2.42. The van der Waals surface area contributed by atoms with E-state index in [1.54, 1.807) is 0 Å². The Morgan fingerprint density at radius 2 is 2.32 bits per heavy atom. The second kappa shape index (κ2) is 4.66. The van der Waals surface area contributed by atoms with Gasteiger partial charge in [-0.25, -0.2) is 4.98 Å². The number of nitrogens with zero attached hydrogens (tertiary/aromatic N) is 3. The number of pyridine rings is 1. The fourth-order valence-electron chi connectivity index (χ4n) is 2.75. The van der Waals surface area contributed by atoms with Crippen molar-refractivity contribution in [2.24, 2.45) is 0 Å². The number of hydrogen-bond donors (Lipinski definition) is 1. The highest BCUT2D eigenvalue weighted by atomic mass is 16.1. The van der Waals surface area contributed by atoms with Gasteiger partial charge >= 0.3 is 0 Å². The maximum Gasteiger partial charge on any atom is 0.170 e. The Morgan fingerprint density at radius 1 is 1.47 bits per heavy atom. The molecule has 1 aliphatic rings. The maximum atomic E-state index is 11.2. The number of aromatic nitrogens is 2. The fourth-order valence-corrected chi connectivity index (χ4v) is 2.75. The first-order chi connectivity index (χ1) is 9.22. The topological polar surface area (TPSA) is 49.6 Å². The van der Waals surface area contributed by atoms with Crippen molar-refractivity contribution < 1.29 is 4.79 Å². The summed E-state index contributed by atoms with van der Waals surface area (Å²) in [6, 6.07) is 5.97. The summed E-state index contributed by atoms with van der Waals surface area (Å²) in [5, 5.41) is 3.36. The molecule has 1 aliphatic heterocycles. The Bertz CT molecular complexity index is 611. The van der Waals surface area contributed by atoms with Crippen LogP contribution >= 0.6 is 0 Å². The molecule has 5 heteroatoms. The third kappa shape index (κ3) is 1.90. The van der Waals surface area contributed by atoms with Crippen LogP contribution in [0.25, 0.3) is 5.52 Å². The van der Waals surface area contributed by atoms with Crippen LogP contribution in [0, 0.1) is 0 Å². The van der Waals surface area contributed by atoms with Crippen LogP contribution in [-0.2, 0) is 0 Å². The molecule has 1 saturated heterocycles. The molecule has 0 saturated carbocycles. The molecule has 1 unspecified atom stereocenters. The highest BCUT2D eigenvalue weighted by molar-refractivity contribution is 5.84. The summed E-state index contributed by atoms with van der Waals surface area (Å²) in [6.07, 6.45) is 1.92. The number of carbonyl (C=O) groups excluding carboxylic acids is 1. The Hall–Kier alpha value is -1.88. The number of fused-ring (bicyclic) bond motifs is 1. The van der Waals surface area contributed by atoms with Gasteiger partial charge in [0.1, 0.15) is 17.3 Å². The lowest BCUT2D eigenvalue weighted by Gasteiger charge is -2.17. The van der Waals surface area contributed by atoms with E-state index >= 15 is 0 Å². The Labute approximate surface area is 112 Å². The van der Waals surface area contributed by atoms with Gasteiger partial charge < -0.3 is 10.2 Å². The van der Waals surface area contributed by atoms with Gasteiger partial charge in [0.2, 0.25) is 0 Å². The minimum absolute atomic E-state index is 0.377. The van der Waals surface area contributed by atoms with E-state index in [-0.39, 0.29) is 0 Å². The van der Waals surface area contributed by atoms with Gasteiger partial charge in [0.25, 0.3) is 0 Å². The molecule has 2 aromatic heterocycles. The van der Waals surface area contributed by atoms with Gasteiger partial charge in [-0.05, 0) is 25.1 Å². The lowest BCUT2D eigenvalue weighted by Crippen LogP contribution is -2.16. The monoisotopic (exact) mass is 258 g/mol. The number of imidazole rings is 1. The molecule has 0 aliphatic carbocycles. The van der Waals surface area contributed by atoms with Gasteiger partial charge in [-0.15, -0.1) is 0 Å². The zero-order chi connectivity index (χ0) is 13.4. The summed E-state index contributed by atoms with van der Waals surface area (Å²) >= 11 is 0. The SMILES string of the molecule is CN(C)c1cccc2c(C=O)nc(C3CCNC3)n12. The van der Waals surface area contributed by atoms with E-state index in [0.29, 0.717) is 11.6 Å². The number of carbonyl (C=O) groups is 1. The van der Waals surface area contributed by atoms with Gasteiger partial charge in [0, 0.05) is 26.6 Å². The largest absolute Gasteiger partial charge is 0.364 e. The molecule has 1 N–H and O–H groups in total. The fraction of sp³-hybridized carbons (Fsp3) is 0.429. The number of hydrogen-bond acceptors (Lipinski definition) is 4. The van der Waals surface area contributed by atoms with E-state index < -0.39 is 0 Å². The molecule has 0 bridgehead atoms. The van der Waals surface area contributed by atoms with Crippen molar-refractivity contribution in [2.45, 2.75) is 12.3 Å². The van der Waals surface area contributed by atoms with Crippen molar-refractivity contribution >= 4 is 17.6 Å². The van der Waals surface area contributed by atoms with Crippen LogP contribution in [0.1, 0.15) is 28.7 Å². The normalized spacial score (nSPS) is 18.9. The minimum Gasteiger partial charge on any atom is -0.364 e. The highest BCUT2D eigenvalue weighted by Crippen LogP contribution is 2.28. The Kier molecular flexibility index (Phi) is 2.98. The zero-order valence-corrected chi connectivity index (χ0v) is 11.3. The molecule has 0 radical (unpaired) electrons. The van der Waals surface area contributed by atoms with Gasteiger partial charge in [0.15, 0.2) is 6.29 Å². The molecular formula is C14H18N4O. The molecule has 5 nitrogen and oxygen atoms in total. The summed E-state index contributed by atoms with van der Waals surface area (Å²) in [4.78, 5) is 17.8. The molecule has 1 atom stereocenters.